The molecule has 0 aliphatic rings. The first-order valence-electron chi connectivity index (χ1n) is 9.59. The molecule has 0 saturated heterocycles. The van der Waals surface area contributed by atoms with Gasteiger partial charge in [0.15, 0.2) is 0 Å². The minimum Gasteiger partial charge on any atom is -0.478 e. The molecule has 140 valence electrons. The molecule has 0 unspecified atom stereocenters. The van der Waals surface area contributed by atoms with E-state index >= 15 is 0 Å². The van der Waals surface area contributed by atoms with E-state index < -0.39 is 11.9 Å². The minimum absolute atomic E-state index is 0.125. The number of hydrogen-bond donors (Lipinski definition) is 2. The van der Waals surface area contributed by atoms with Gasteiger partial charge in [0.2, 0.25) is 0 Å². The van der Waals surface area contributed by atoms with Crippen LogP contribution in [-0.4, -0.2) is 22.2 Å². The summed E-state index contributed by atoms with van der Waals surface area (Å²) in [5, 5.41) is 19.2. The summed E-state index contributed by atoms with van der Waals surface area (Å²) in [4.78, 5) is 23.5. The first-order chi connectivity index (χ1) is 11.4. The zero-order chi connectivity index (χ0) is 18.5. The second-order valence-electron chi connectivity index (χ2n) is 6.81. The summed E-state index contributed by atoms with van der Waals surface area (Å²) < 4.78 is 0. The Hall–Kier alpha value is -1.32. The first-order valence-corrected chi connectivity index (χ1v) is 9.59. The predicted octanol–water partition coefficient (Wildman–Crippen LogP) is 5.67. The fourth-order valence-corrected chi connectivity index (χ4v) is 3.14. The Morgan fingerprint density at radius 2 is 1.04 bits per heavy atom. The summed E-state index contributed by atoms with van der Waals surface area (Å²) in [6.45, 7) is 8.33. The monoisotopic (exact) mass is 340 g/mol. The summed E-state index contributed by atoms with van der Waals surface area (Å²) >= 11 is 0. The van der Waals surface area contributed by atoms with Crippen LogP contribution >= 0.6 is 0 Å². The van der Waals surface area contributed by atoms with Crippen LogP contribution in [0, 0.1) is 11.8 Å². The molecule has 4 nitrogen and oxygen atoms in total. The fraction of sp³-hybridized carbons (Fsp3) is 0.800. The van der Waals surface area contributed by atoms with Crippen molar-refractivity contribution in [2.75, 3.05) is 0 Å². The maximum Gasteiger partial charge on any atom is 0.332 e. The maximum atomic E-state index is 11.7. The molecule has 0 rings (SSSR count). The Morgan fingerprint density at radius 3 is 1.25 bits per heavy atom. The number of aliphatic carboxylic acids is 2. The Labute approximate surface area is 147 Å². The number of carboxylic acids is 2. The van der Waals surface area contributed by atoms with Gasteiger partial charge in [-0.05, 0) is 24.7 Å². The fourth-order valence-electron chi connectivity index (χ4n) is 3.14. The van der Waals surface area contributed by atoms with Gasteiger partial charge in [-0.15, -0.1) is 0 Å². The lowest BCUT2D eigenvalue weighted by Gasteiger charge is -2.19. The highest BCUT2D eigenvalue weighted by molar-refractivity contribution is 5.98. The Balaban J connectivity index is 5.39. The Kier molecular flexibility index (Phi) is 12.3. The second kappa shape index (κ2) is 13.0. The number of carboxylic acid groups (broad SMARTS) is 2. The summed E-state index contributed by atoms with van der Waals surface area (Å²) in [6, 6.07) is 0. The van der Waals surface area contributed by atoms with Crippen LogP contribution in [0.3, 0.4) is 0 Å². The van der Waals surface area contributed by atoms with Gasteiger partial charge in [0.1, 0.15) is 0 Å². The third-order valence-electron chi connectivity index (χ3n) is 4.95. The van der Waals surface area contributed by atoms with E-state index in [0.29, 0.717) is 12.8 Å². The van der Waals surface area contributed by atoms with Gasteiger partial charge < -0.3 is 10.2 Å². The SMILES string of the molecule is CCCC[C@@H](CC)C/C(C(=O)O)=C(\C[C@H](CC)CCCC)C(=O)O. The predicted molar refractivity (Wildman–Crippen MR) is 98.1 cm³/mol. The van der Waals surface area contributed by atoms with Gasteiger partial charge in [-0.1, -0.05) is 79.1 Å². The van der Waals surface area contributed by atoms with E-state index in [9.17, 15) is 19.8 Å². The molecule has 0 bridgehead atoms. The van der Waals surface area contributed by atoms with Crippen molar-refractivity contribution in [2.24, 2.45) is 11.8 Å². The van der Waals surface area contributed by atoms with E-state index in [1.54, 1.807) is 0 Å². The highest BCUT2D eigenvalue weighted by atomic mass is 16.4. The smallest absolute Gasteiger partial charge is 0.332 e. The van der Waals surface area contributed by atoms with Crippen molar-refractivity contribution in [3.05, 3.63) is 11.1 Å². The van der Waals surface area contributed by atoms with Crippen LogP contribution in [0.4, 0.5) is 0 Å². The maximum absolute atomic E-state index is 11.7. The first kappa shape index (κ1) is 22.7. The molecule has 0 aromatic carbocycles. The highest BCUT2D eigenvalue weighted by Gasteiger charge is 2.25. The van der Waals surface area contributed by atoms with Crippen LogP contribution in [0.5, 0.6) is 0 Å². The number of unbranched alkanes of at least 4 members (excludes halogenated alkanes) is 2. The lowest BCUT2D eigenvalue weighted by atomic mass is 9.85. The van der Waals surface area contributed by atoms with E-state index in [2.05, 4.69) is 27.7 Å². The molecule has 24 heavy (non-hydrogen) atoms. The van der Waals surface area contributed by atoms with Crippen LogP contribution in [0.1, 0.15) is 91.9 Å². The number of hydrogen-bond acceptors (Lipinski definition) is 2. The molecule has 0 amide bonds. The Morgan fingerprint density at radius 1 is 0.708 bits per heavy atom. The summed E-state index contributed by atoms with van der Waals surface area (Å²) in [7, 11) is 0. The number of carbonyl (C=O) groups is 2. The molecule has 0 heterocycles. The normalized spacial score (nSPS) is 14.8. The van der Waals surface area contributed by atoms with E-state index in [1.807, 2.05) is 0 Å². The second-order valence-corrected chi connectivity index (χ2v) is 6.81. The lowest BCUT2D eigenvalue weighted by Crippen LogP contribution is -2.17. The zero-order valence-corrected chi connectivity index (χ0v) is 15.9. The molecule has 0 aromatic rings. The van der Waals surface area contributed by atoms with Crippen molar-refractivity contribution in [2.45, 2.75) is 91.9 Å². The number of rotatable bonds is 14. The van der Waals surface area contributed by atoms with Gasteiger partial charge in [0, 0.05) is 11.1 Å². The topological polar surface area (TPSA) is 74.6 Å². The van der Waals surface area contributed by atoms with Crippen molar-refractivity contribution in [3.8, 4) is 0 Å². The summed E-state index contributed by atoms with van der Waals surface area (Å²) in [5.41, 5.74) is 0.251. The van der Waals surface area contributed by atoms with Gasteiger partial charge in [0.05, 0.1) is 0 Å². The van der Waals surface area contributed by atoms with Crippen molar-refractivity contribution >= 4 is 11.9 Å². The van der Waals surface area contributed by atoms with Crippen molar-refractivity contribution < 1.29 is 19.8 Å². The summed E-state index contributed by atoms with van der Waals surface area (Å²) in [6.07, 6.45) is 8.70. The highest BCUT2D eigenvalue weighted by Crippen LogP contribution is 2.29. The van der Waals surface area contributed by atoms with E-state index in [1.165, 1.54) is 0 Å². The standard InChI is InChI=1S/C20H36O4/c1-5-9-11-15(7-3)13-17(19(21)22)18(20(23)24)14-16(8-4)12-10-6-2/h15-16H,5-14H2,1-4H3,(H,21,22)(H,23,24)/b18-17-/t15-,16-/m1/s1. The molecule has 0 saturated carbocycles. The molecule has 2 N–H and O–H groups in total. The van der Waals surface area contributed by atoms with Crippen molar-refractivity contribution in [3.63, 3.8) is 0 Å². The largest absolute Gasteiger partial charge is 0.478 e. The quantitative estimate of drug-likeness (QED) is 0.400. The van der Waals surface area contributed by atoms with E-state index in [4.69, 9.17) is 0 Å². The Bertz CT molecular complexity index is 374. The molecule has 4 heteroatoms. The van der Waals surface area contributed by atoms with Crippen molar-refractivity contribution in [1.29, 1.82) is 0 Å². The van der Waals surface area contributed by atoms with Crippen LogP contribution in [0.15, 0.2) is 11.1 Å². The van der Waals surface area contributed by atoms with Crippen LogP contribution in [-0.2, 0) is 9.59 Å². The molecule has 0 aromatic heterocycles. The zero-order valence-electron chi connectivity index (χ0n) is 15.9. The van der Waals surface area contributed by atoms with Gasteiger partial charge in [-0.2, -0.15) is 0 Å². The van der Waals surface area contributed by atoms with Crippen molar-refractivity contribution in [1.82, 2.24) is 0 Å². The molecule has 0 fully saturated rings. The average Bonchev–Trinajstić information content (AvgIpc) is 2.55. The van der Waals surface area contributed by atoms with Gasteiger partial charge >= 0.3 is 11.9 Å². The lowest BCUT2D eigenvalue weighted by molar-refractivity contribution is -0.136. The van der Waals surface area contributed by atoms with Gasteiger partial charge in [0.25, 0.3) is 0 Å². The van der Waals surface area contributed by atoms with E-state index in [0.717, 1.165) is 51.4 Å². The van der Waals surface area contributed by atoms with Crippen LogP contribution in [0.25, 0.3) is 0 Å². The molecular formula is C20H36O4. The van der Waals surface area contributed by atoms with Gasteiger partial charge in [-0.3, -0.25) is 0 Å². The third-order valence-corrected chi connectivity index (χ3v) is 4.95. The van der Waals surface area contributed by atoms with Gasteiger partial charge in [-0.25, -0.2) is 9.59 Å². The third kappa shape index (κ3) is 8.51. The van der Waals surface area contributed by atoms with Crippen LogP contribution < -0.4 is 0 Å². The molecule has 0 aliphatic carbocycles. The molecular weight excluding hydrogens is 304 g/mol. The molecule has 0 radical (unpaired) electrons. The molecule has 0 aliphatic heterocycles. The van der Waals surface area contributed by atoms with Crippen LogP contribution in [0.2, 0.25) is 0 Å². The average molecular weight is 341 g/mol. The molecule has 2 atom stereocenters. The summed E-state index contributed by atoms with van der Waals surface area (Å²) in [5.74, 6) is -1.62. The minimum atomic E-state index is -1.06. The van der Waals surface area contributed by atoms with E-state index in [-0.39, 0.29) is 23.0 Å². The molecule has 0 spiro atoms.